The Morgan fingerprint density at radius 2 is 2.47 bits per heavy atom. The Morgan fingerprint density at radius 1 is 1.59 bits per heavy atom. The van der Waals surface area contributed by atoms with E-state index in [0.29, 0.717) is 6.61 Å². The zero-order valence-electron chi connectivity index (χ0n) is 10.1. The Bertz CT molecular complexity index is 436. The SMILES string of the molecule is CC(NCCOc1cnn(C)c1)c1ccco1. The van der Waals surface area contributed by atoms with Crippen LogP contribution in [-0.4, -0.2) is 22.9 Å². The Hall–Kier alpha value is -1.75. The fourth-order valence-corrected chi connectivity index (χ4v) is 1.56. The van der Waals surface area contributed by atoms with Gasteiger partial charge in [-0.05, 0) is 19.1 Å². The maximum absolute atomic E-state index is 5.52. The molecule has 2 rings (SSSR count). The summed E-state index contributed by atoms with van der Waals surface area (Å²) in [6.07, 6.45) is 5.23. The standard InChI is InChI=1S/C12H17N3O2/c1-10(12-4-3-6-17-12)13-5-7-16-11-8-14-15(2)9-11/h3-4,6,8-10,13H,5,7H2,1-2H3. The van der Waals surface area contributed by atoms with Gasteiger partial charge >= 0.3 is 0 Å². The second-order valence-electron chi connectivity index (χ2n) is 3.89. The minimum absolute atomic E-state index is 0.197. The van der Waals surface area contributed by atoms with E-state index in [1.54, 1.807) is 17.1 Å². The van der Waals surface area contributed by atoms with Gasteiger partial charge in [0.15, 0.2) is 5.75 Å². The van der Waals surface area contributed by atoms with Gasteiger partial charge in [-0.2, -0.15) is 5.10 Å². The Balaban J connectivity index is 1.66. The number of aromatic nitrogens is 2. The van der Waals surface area contributed by atoms with Crippen molar-refractivity contribution in [1.82, 2.24) is 15.1 Å². The first kappa shape index (κ1) is 11.7. The van der Waals surface area contributed by atoms with Crippen molar-refractivity contribution in [3.05, 3.63) is 36.5 Å². The van der Waals surface area contributed by atoms with Gasteiger partial charge < -0.3 is 14.5 Å². The molecule has 0 aromatic carbocycles. The van der Waals surface area contributed by atoms with E-state index in [2.05, 4.69) is 17.3 Å². The third kappa shape index (κ3) is 3.35. The zero-order chi connectivity index (χ0) is 12.1. The summed E-state index contributed by atoms with van der Waals surface area (Å²) in [5.41, 5.74) is 0. The van der Waals surface area contributed by atoms with E-state index >= 15 is 0 Å². The minimum atomic E-state index is 0.197. The molecule has 5 nitrogen and oxygen atoms in total. The van der Waals surface area contributed by atoms with Gasteiger partial charge in [-0.25, -0.2) is 0 Å². The smallest absolute Gasteiger partial charge is 0.157 e. The molecule has 5 heteroatoms. The number of hydrogen-bond donors (Lipinski definition) is 1. The van der Waals surface area contributed by atoms with E-state index < -0.39 is 0 Å². The van der Waals surface area contributed by atoms with E-state index in [1.807, 2.05) is 25.4 Å². The summed E-state index contributed by atoms with van der Waals surface area (Å²) in [7, 11) is 1.87. The van der Waals surface area contributed by atoms with Crippen LogP contribution in [0.3, 0.4) is 0 Å². The minimum Gasteiger partial charge on any atom is -0.489 e. The molecule has 0 spiro atoms. The fourth-order valence-electron chi connectivity index (χ4n) is 1.56. The van der Waals surface area contributed by atoms with E-state index in [9.17, 15) is 0 Å². The molecule has 92 valence electrons. The second-order valence-corrected chi connectivity index (χ2v) is 3.89. The summed E-state index contributed by atoms with van der Waals surface area (Å²) in [4.78, 5) is 0. The molecule has 17 heavy (non-hydrogen) atoms. The van der Waals surface area contributed by atoms with Gasteiger partial charge in [-0.1, -0.05) is 0 Å². The third-order valence-electron chi connectivity index (χ3n) is 2.47. The molecule has 2 aromatic heterocycles. The van der Waals surface area contributed by atoms with Crippen LogP contribution >= 0.6 is 0 Å². The first-order chi connectivity index (χ1) is 8.25. The molecular formula is C12H17N3O2. The molecule has 1 N–H and O–H groups in total. The molecule has 0 saturated carbocycles. The lowest BCUT2D eigenvalue weighted by atomic mass is 10.2. The Labute approximate surface area is 100 Å². The maximum Gasteiger partial charge on any atom is 0.157 e. The lowest BCUT2D eigenvalue weighted by Gasteiger charge is -2.11. The summed E-state index contributed by atoms with van der Waals surface area (Å²) in [6.45, 7) is 3.43. The number of furan rings is 1. The average molecular weight is 235 g/mol. The summed E-state index contributed by atoms with van der Waals surface area (Å²) >= 11 is 0. The highest BCUT2D eigenvalue weighted by Gasteiger charge is 2.06. The van der Waals surface area contributed by atoms with Gasteiger partial charge in [0.2, 0.25) is 0 Å². The molecule has 2 heterocycles. The quantitative estimate of drug-likeness (QED) is 0.775. The van der Waals surface area contributed by atoms with Crippen LogP contribution in [-0.2, 0) is 7.05 Å². The Morgan fingerprint density at radius 3 is 3.12 bits per heavy atom. The molecule has 1 unspecified atom stereocenters. The normalized spacial score (nSPS) is 12.6. The van der Waals surface area contributed by atoms with E-state index in [1.165, 1.54) is 0 Å². The number of ether oxygens (including phenoxy) is 1. The van der Waals surface area contributed by atoms with Crippen molar-refractivity contribution in [2.75, 3.05) is 13.2 Å². The van der Waals surface area contributed by atoms with Crippen LogP contribution in [0.2, 0.25) is 0 Å². The second kappa shape index (κ2) is 5.54. The lowest BCUT2D eigenvalue weighted by molar-refractivity contribution is 0.301. The highest BCUT2D eigenvalue weighted by atomic mass is 16.5. The molecular weight excluding hydrogens is 218 g/mol. The zero-order valence-corrected chi connectivity index (χ0v) is 10.1. The number of rotatable bonds is 6. The van der Waals surface area contributed by atoms with Crippen molar-refractivity contribution >= 4 is 0 Å². The first-order valence-corrected chi connectivity index (χ1v) is 5.64. The van der Waals surface area contributed by atoms with Crippen LogP contribution in [0.4, 0.5) is 0 Å². The Kier molecular flexibility index (Phi) is 3.82. The van der Waals surface area contributed by atoms with Crippen molar-refractivity contribution in [1.29, 1.82) is 0 Å². The topological polar surface area (TPSA) is 52.2 Å². The fraction of sp³-hybridized carbons (Fsp3) is 0.417. The van der Waals surface area contributed by atoms with E-state index in [-0.39, 0.29) is 6.04 Å². The van der Waals surface area contributed by atoms with Gasteiger partial charge in [0.25, 0.3) is 0 Å². The molecule has 0 aliphatic carbocycles. The largest absolute Gasteiger partial charge is 0.489 e. The molecule has 0 radical (unpaired) electrons. The summed E-state index contributed by atoms with van der Waals surface area (Å²) in [6, 6.07) is 4.04. The van der Waals surface area contributed by atoms with Gasteiger partial charge in [0, 0.05) is 13.6 Å². The maximum atomic E-state index is 5.52. The number of nitrogens with zero attached hydrogens (tertiary/aromatic N) is 2. The molecule has 2 aromatic rings. The molecule has 0 saturated heterocycles. The van der Waals surface area contributed by atoms with Crippen molar-refractivity contribution in [3.8, 4) is 5.75 Å². The van der Waals surface area contributed by atoms with Crippen LogP contribution in [0.5, 0.6) is 5.75 Å². The third-order valence-corrected chi connectivity index (χ3v) is 2.47. The van der Waals surface area contributed by atoms with Gasteiger partial charge in [0.05, 0.1) is 24.7 Å². The highest BCUT2D eigenvalue weighted by molar-refractivity contribution is 5.11. The van der Waals surface area contributed by atoms with Crippen LogP contribution in [0, 0.1) is 0 Å². The van der Waals surface area contributed by atoms with Crippen molar-refractivity contribution in [2.24, 2.45) is 7.05 Å². The van der Waals surface area contributed by atoms with Crippen molar-refractivity contribution < 1.29 is 9.15 Å². The van der Waals surface area contributed by atoms with E-state index in [4.69, 9.17) is 9.15 Å². The molecule has 0 aliphatic rings. The lowest BCUT2D eigenvalue weighted by Crippen LogP contribution is -2.23. The molecule has 0 bridgehead atoms. The van der Waals surface area contributed by atoms with Crippen LogP contribution in [0.1, 0.15) is 18.7 Å². The van der Waals surface area contributed by atoms with Gasteiger partial charge in [0.1, 0.15) is 12.4 Å². The summed E-state index contributed by atoms with van der Waals surface area (Å²) < 4.78 is 12.5. The van der Waals surface area contributed by atoms with Crippen LogP contribution in [0.15, 0.2) is 35.2 Å². The van der Waals surface area contributed by atoms with Crippen LogP contribution in [0.25, 0.3) is 0 Å². The molecule has 0 aliphatic heterocycles. The summed E-state index contributed by atoms with van der Waals surface area (Å²) in [5.74, 6) is 1.73. The number of aryl methyl sites for hydroxylation is 1. The van der Waals surface area contributed by atoms with E-state index in [0.717, 1.165) is 18.1 Å². The monoisotopic (exact) mass is 235 g/mol. The number of nitrogens with one attached hydrogen (secondary N) is 1. The summed E-state index contributed by atoms with van der Waals surface area (Å²) in [5, 5.41) is 7.34. The van der Waals surface area contributed by atoms with Gasteiger partial charge in [-0.3, -0.25) is 4.68 Å². The molecule has 0 fully saturated rings. The number of hydrogen-bond acceptors (Lipinski definition) is 4. The molecule has 0 amide bonds. The predicted octanol–water partition coefficient (Wildman–Crippen LogP) is 1.74. The van der Waals surface area contributed by atoms with Crippen molar-refractivity contribution in [3.63, 3.8) is 0 Å². The molecule has 1 atom stereocenters. The first-order valence-electron chi connectivity index (χ1n) is 5.64. The average Bonchev–Trinajstić information content (AvgIpc) is 2.95. The highest BCUT2D eigenvalue weighted by Crippen LogP contribution is 2.11. The van der Waals surface area contributed by atoms with Crippen molar-refractivity contribution in [2.45, 2.75) is 13.0 Å². The van der Waals surface area contributed by atoms with Gasteiger partial charge in [-0.15, -0.1) is 0 Å². The van der Waals surface area contributed by atoms with Crippen LogP contribution < -0.4 is 10.1 Å². The predicted molar refractivity (Wildman–Crippen MR) is 63.8 cm³/mol.